The Kier molecular flexibility index (Phi) is 6.16. The monoisotopic (exact) mass is 440 g/mol. The summed E-state index contributed by atoms with van der Waals surface area (Å²) < 4.78 is 13.2. The molecule has 138 valence electrons. The van der Waals surface area contributed by atoms with Crippen LogP contribution in [0.4, 0.5) is 10.1 Å². The summed E-state index contributed by atoms with van der Waals surface area (Å²) in [6.07, 6.45) is 1.59. The number of nitrogens with one attached hydrogen (secondary N) is 1. The van der Waals surface area contributed by atoms with Crippen LogP contribution in [-0.2, 0) is 9.59 Å². The van der Waals surface area contributed by atoms with Crippen molar-refractivity contribution in [3.05, 3.63) is 68.8 Å². The standard InChI is InChI=1S/C18H11Cl2FN2O2S2/c19-13-3-1-2-10(16(13)20)8-14-17(25)23(18(26)27-14)9-15(24)22-12-6-4-11(21)5-7-12/h1-8H,9H2,(H,22,24)/b14-8-. The molecule has 0 saturated carbocycles. The number of thioether (sulfide) groups is 1. The summed E-state index contributed by atoms with van der Waals surface area (Å²) in [6, 6.07) is 10.4. The highest BCUT2D eigenvalue weighted by Gasteiger charge is 2.33. The molecule has 1 aliphatic rings. The van der Waals surface area contributed by atoms with Crippen molar-refractivity contribution >= 4 is 75.1 Å². The molecule has 0 unspecified atom stereocenters. The number of carbonyl (C=O) groups excluding carboxylic acids is 2. The summed E-state index contributed by atoms with van der Waals surface area (Å²) in [5.41, 5.74) is 1.01. The highest BCUT2D eigenvalue weighted by Crippen LogP contribution is 2.35. The molecular formula is C18H11Cl2FN2O2S2. The molecule has 0 atom stereocenters. The Morgan fingerprint density at radius 3 is 2.63 bits per heavy atom. The van der Waals surface area contributed by atoms with Crippen LogP contribution in [0.1, 0.15) is 5.56 Å². The van der Waals surface area contributed by atoms with Crippen LogP contribution in [0.15, 0.2) is 47.4 Å². The molecule has 2 aromatic rings. The summed E-state index contributed by atoms with van der Waals surface area (Å²) in [5.74, 6) is -1.25. The molecule has 0 aromatic heterocycles. The van der Waals surface area contributed by atoms with Gasteiger partial charge >= 0.3 is 0 Å². The Labute approximate surface area is 174 Å². The zero-order chi connectivity index (χ0) is 19.6. The number of halogens is 3. The molecular weight excluding hydrogens is 430 g/mol. The molecule has 4 nitrogen and oxygen atoms in total. The molecule has 9 heteroatoms. The van der Waals surface area contributed by atoms with Gasteiger partial charge in [-0.05, 0) is 42.0 Å². The Morgan fingerprint density at radius 1 is 1.22 bits per heavy atom. The molecule has 0 aliphatic carbocycles. The third-order valence-electron chi connectivity index (χ3n) is 3.57. The number of rotatable bonds is 4. The maximum Gasteiger partial charge on any atom is 0.266 e. The van der Waals surface area contributed by atoms with Gasteiger partial charge in [0.25, 0.3) is 5.91 Å². The van der Waals surface area contributed by atoms with E-state index in [0.29, 0.717) is 26.2 Å². The highest BCUT2D eigenvalue weighted by atomic mass is 35.5. The Morgan fingerprint density at radius 2 is 1.93 bits per heavy atom. The number of hydrogen-bond acceptors (Lipinski definition) is 4. The Balaban J connectivity index is 1.72. The lowest BCUT2D eigenvalue weighted by molar-refractivity contribution is -0.126. The first-order chi connectivity index (χ1) is 12.8. The lowest BCUT2D eigenvalue weighted by Gasteiger charge is -2.14. The number of nitrogens with zero attached hydrogens (tertiary/aromatic N) is 1. The summed E-state index contributed by atoms with van der Waals surface area (Å²) in [4.78, 5) is 26.3. The molecule has 1 aliphatic heterocycles. The van der Waals surface area contributed by atoms with Gasteiger partial charge in [-0.1, -0.05) is 59.3 Å². The van der Waals surface area contributed by atoms with E-state index in [1.165, 1.54) is 29.2 Å². The molecule has 1 N–H and O–H groups in total. The van der Waals surface area contributed by atoms with Gasteiger partial charge in [-0.15, -0.1) is 0 Å². The van der Waals surface area contributed by atoms with Crippen LogP contribution in [0.3, 0.4) is 0 Å². The molecule has 2 amide bonds. The minimum atomic E-state index is -0.444. The fourth-order valence-electron chi connectivity index (χ4n) is 2.29. The first kappa shape index (κ1) is 19.8. The van der Waals surface area contributed by atoms with Crippen LogP contribution in [-0.4, -0.2) is 27.6 Å². The molecule has 27 heavy (non-hydrogen) atoms. The average molecular weight is 441 g/mol. The van der Waals surface area contributed by atoms with E-state index >= 15 is 0 Å². The van der Waals surface area contributed by atoms with Crippen LogP contribution >= 0.6 is 47.2 Å². The van der Waals surface area contributed by atoms with Crippen molar-refractivity contribution in [2.24, 2.45) is 0 Å². The third kappa shape index (κ3) is 4.68. The smallest absolute Gasteiger partial charge is 0.266 e. The van der Waals surface area contributed by atoms with E-state index in [1.807, 2.05) is 0 Å². The van der Waals surface area contributed by atoms with Crippen LogP contribution in [0, 0.1) is 5.82 Å². The number of thiocarbonyl (C=S) groups is 1. The first-order valence-electron chi connectivity index (χ1n) is 7.60. The number of carbonyl (C=O) groups is 2. The minimum Gasteiger partial charge on any atom is -0.325 e. The molecule has 2 aromatic carbocycles. The minimum absolute atomic E-state index is 0.247. The topological polar surface area (TPSA) is 49.4 Å². The van der Waals surface area contributed by atoms with Gasteiger partial charge in [0, 0.05) is 5.69 Å². The van der Waals surface area contributed by atoms with Crippen molar-refractivity contribution in [3.63, 3.8) is 0 Å². The van der Waals surface area contributed by atoms with Crippen molar-refractivity contribution in [3.8, 4) is 0 Å². The predicted molar refractivity (Wildman–Crippen MR) is 111 cm³/mol. The second-order valence-electron chi connectivity index (χ2n) is 5.47. The Bertz CT molecular complexity index is 964. The molecule has 0 bridgehead atoms. The number of amides is 2. The largest absolute Gasteiger partial charge is 0.325 e. The zero-order valence-corrected chi connectivity index (χ0v) is 16.7. The molecule has 0 radical (unpaired) electrons. The van der Waals surface area contributed by atoms with E-state index in [-0.39, 0.29) is 10.9 Å². The van der Waals surface area contributed by atoms with Crippen molar-refractivity contribution < 1.29 is 14.0 Å². The van der Waals surface area contributed by atoms with Crippen molar-refractivity contribution in [1.82, 2.24) is 4.90 Å². The lowest BCUT2D eigenvalue weighted by atomic mass is 10.2. The van der Waals surface area contributed by atoms with Gasteiger partial charge in [0.15, 0.2) is 0 Å². The zero-order valence-electron chi connectivity index (χ0n) is 13.5. The van der Waals surface area contributed by atoms with Crippen LogP contribution in [0.5, 0.6) is 0 Å². The second kappa shape index (κ2) is 8.39. The summed E-state index contributed by atoms with van der Waals surface area (Å²) in [6.45, 7) is -0.247. The van der Waals surface area contributed by atoms with Crippen LogP contribution in [0.25, 0.3) is 6.08 Å². The van der Waals surface area contributed by atoms with E-state index < -0.39 is 17.6 Å². The number of benzene rings is 2. The second-order valence-corrected chi connectivity index (χ2v) is 7.93. The summed E-state index contributed by atoms with van der Waals surface area (Å²) in [5, 5.41) is 3.30. The fraction of sp³-hybridized carbons (Fsp3) is 0.0556. The van der Waals surface area contributed by atoms with Crippen molar-refractivity contribution in [2.45, 2.75) is 0 Å². The van der Waals surface area contributed by atoms with E-state index in [0.717, 1.165) is 11.8 Å². The lowest BCUT2D eigenvalue weighted by Crippen LogP contribution is -2.36. The van der Waals surface area contributed by atoms with Crippen LogP contribution in [0.2, 0.25) is 10.0 Å². The van der Waals surface area contributed by atoms with Gasteiger partial charge in [-0.25, -0.2) is 4.39 Å². The van der Waals surface area contributed by atoms with Crippen molar-refractivity contribution in [1.29, 1.82) is 0 Å². The number of hydrogen-bond donors (Lipinski definition) is 1. The molecule has 0 spiro atoms. The molecule has 1 saturated heterocycles. The van der Waals surface area contributed by atoms with E-state index in [4.69, 9.17) is 35.4 Å². The Hall–Kier alpha value is -1.93. The summed E-state index contributed by atoms with van der Waals surface area (Å²) >= 11 is 18.4. The predicted octanol–water partition coefficient (Wildman–Crippen LogP) is 4.97. The maximum absolute atomic E-state index is 12.9. The first-order valence-corrected chi connectivity index (χ1v) is 9.58. The molecule has 1 heterocycles. The van der Waals surface area contributed by atoms with E-state index in [2.05, 4.69) is 5.32 Å². The van der Waals surface area contributed by atoms with Gasteiger partial charge < -0.3 is 5.32 Å². The van der Waals surface area contributed by atoms with Gasteiger partial charge in [-0.2, -0.15) is 0 Å². The van der Waals surface area contributed by atoms with Gasteiger partial charge in [0.05, 0.1) is 15.0 Å². The molecule has 3 rings (SSSR count). The third-order valence-corrected chi connectivity index (χ3v) is 5.78. The van der Waals surface area contributed by atoms with Gasteiger partial charge in [-0.3, -0.25) is 14.5 Å². The van der Waals surface area contributed by atoms with Gasteiger partial charge in [0.1, 0.15) is 16.7 Å². The summed E-state index contributed by atoms with van der Waals surface area (Å²) in [7, 11) is 0. The normalized spacial score (nSPS) is 15.5. The average Bonchev–Trinajstić information content (AvgIpc) is 2.88. The van der Waals surface area contributed by atoms with Crippen LogP contribution < -0.4 is 5.32 Å². The molecule has 1 fully saturated rings. The van der Waals surface area contributed by atoms with Gasteiger partial charge in [0.2, 0.25) is 5.91 Å². The quantitative estimate of drug-likeness (QED) is 0.538. The maximum atomic E-state index is 12.9. The van der Waals surface area contributed by atoms with Crippen molar-refractivity contribution in [2.75, 3.05) is 11.9 Å². The SMILES string of the molecule is O=C(CN1C(=O)/C(=C/c2cccc(Cl)c2Cl)SC1=S)Nc1ccc(F)cc1. The highest BCUT2D eigenvalue weighted by molar-refractivity contribution is 8.26. The fourth-order valence-corrected chi connectivity index (χ4v) is 3.90. The van der Waals surface area contributed by atoms with E-state index in [1.54, 1.807) is 24.3 Å². The number of anilines is 1. The van der Waals surface area contributed by atoms with E-state index in [9.17, 15) is 14.0 Å².